The molecule has 1 heterocycles. The summed E-state index contributed by atoms with van der Waals surface area (Å²) in [5.41, 5.74) is -1.72. The number of carboxylic acids is 2. The predicted molar refractivity (Wildman–Crippen MR) is 186 cm³/mol. The van der Waals surface area contributed by atoms with Crippen molar-refractivity contribution in [1.82, 2.24) is 0 Å². The van der Waals surface area contributed by atoms with Crippen LogP contribution in [0.1, 0.15) is 115 Å². The first-order valence-electron chi connectivity index (χ1n) is 15.6. The van der Waals surface area contributed by atoms with Gasteiger partial charge in [0, 0.05) is 21.9 Å². The zero-order valence-electron chi connectivity index (χ0n) is 27.8. The number of carbonyl (C=O) groups is 2. The lowest BCUT2D eigenvalue weighted by Crippen LogP contribution is -2.35. The number of hydrogen-bond donors (Lipinski definition) is 4. The van der Waals surface area contributed by atoms with Crippen LogP contribution in [0.25, 0.3) is 11.6 Å². The van der Waals surface area contributed by atoms with E-state index in [1.54, 1.807) is 18.2 Å². The van der Waals surface area contributed by atoms with Gasteiger partial charge in [-0.25, -0.2) is 9.59 Å². The first-order valence-corrected chi connectivity index (χ1v) is 19.2. The van der Waals surface area contributed by atoms with Gasteiger partial charge in [0.1, 0.15) is 9.79 Å². The van der Waals surface area contributed by atoms with E-state index in [1.165, 1.54) is 0 Å². The van der Waals surface area contributed by atoms with Crippen molar-refractivity contribution in [2.45, 2.75) is 82.4 Å². The number of rotatable bonds is 5. The van der Waals surface area contributed by atoms with E-state index >= 15 is 0 Å². The highest BCUT2D eigenvalue weighted by molar-refractivity contribution is 7.86. The molecule has 0 saturated heterocycles. The number of hydrogen-bond acceptors (Lipinski definition) is 7. The first-order chi connectivity index (χ1) is 22.8. The third-order valence-electron chi connectivity index (χ3n) is 9.79. The summed E-state index contributed by atoms with van der Waals surface area (Å²) in [7, 11) is -10.3. The van der Waals surface area contributed by atoms with Gasteiger partial charge in [-0.3, -0.25) is 9.11 Å². The van der Waals surface area contributed by atoms with Crippen LogP contribution in [0, 0.1) is 10.8 Å². The number of halogens is 2. The highest BCUT2D eigenvalue weighted by atomic mass is 35.5. The lowest BCUT2D eigenvalue weighted by Gasteiger charge is -2.38. The van der Waals surface area contributed by atoms with Crippen LogP contribution in [0.5, 0.6) is 11.5 Å². The fraction of sp³-hybridized carbons (Fsp3) is 0.371. The van der Waals surface area contributed by atoms with Crippen LogP contribution in [0.15, 0.2) is 28.0 Å². The Morgan fingerprint density at radius 3 is 2.00 bits per heavy atom. The Balaban J connectivity index is 1.98. The molecule has 0 radical (unpaired) electrons. The molecular weight excluding hydrogens is 731 g/mol. The smallest absolute Gasteiger partial charge is 0.337 e. The fourth-order valence-electron chi connectivity index (χ4n) is 8.24. The van der Waals surface area contributed by atoms with Crippen LogP contribution >= 0.6 is 23.2 Å². The highest BCUT2D eigenvalue weighted by Crippen LogP contribution is 2.52. The quantitative estimate of drug-likeness (QED) is 0.160. The Hall–Kier alpha value is -3.46. The maximum absolute atomic E-state index is 13.4. The van der Waals surface area contributed by atoms with Crippen molar-refractivity contribution in [3.05, 3.63) is 77.6 Å². The van der Waals surface area contributed by atoms with Crippen molar-refractivity contribution < 1.29 is 50.5 Å². The molecule has 15 heteroatoms. The lowest BCUT2D eigenvalue weighted by molar-refractivity contribution is 0.0695. The van der Waals surface area contributed by atoms with E-state index in [0.29, 0.717) is 24.0 Å². The van der Waals surface area contributed by atoms with E-state index in [0.717, 1.165) is 6.07 Å². The normalized spacial score (nSPS) is 20.4. The molecule has 3 aliphatic rings. The zero-order chi connectivity index (χ0) is 37.2. The molecule has 0 fully saturated rings. The summed E-state index contributed by atoms with van der Waals surface area (Å²) >= 11 is 13.2. The van der Waals surface area contributed by atoms with Crippen molar-refractivity contribution in [2.75, 3.05) is 0 Å². The van der Waals surface area contributed by atoms with Crippen LogP contribution in [0.4, 0.5) is 0 Å². The summed E-state index contributed by atoms with van der Waals surface area (Å²) < 4.78 is 81.5. The van der Waals surface area contributed by atoms with Gasteiger partial charge in [-0.15, -0.1) is 0 Å². The van der Waals surface area contributed by atoms with Gasteiger partial charge >= 0.3 is 11.9 Å². The third-order valence-corrected chi connectivity index (χ3v) is 12.4. The zero-order valence-corrected chi connectivity index (χ0v) is 30.9. The number of carboxylic acid groups (broad SMARTS) is 2. The van der Waals surface area contributed by atoms with Crippen LogP contribution in [0.3, 0.4) is 0 Å². The average molecular weight is 766 g/mol. The van der Waals surface area contributed by atoms with Gasteiger partial charge in [-0.1, -0.05) is 70.8 Å². The standard InChI is InChI=1S/C35H34Cl2O11S2/c1-14-10-34(3,4)12-21-16(14)7-18-24(25-23(36)9-20(32(38)39)27(37)26(25)33(40)41)19-8-17-15(2)11-35(5,6)13-22(17)31(50(45,46)47)29(19)48-28(18)30(21)49(42,43)44/h7-9,12,14-15H,10-11,13H2,1-6H3,(H,38,39)(H,40,41)(H,42,43,44)(H,45,46,47). The van der Waals surface area contributed by atoms with E-state index in [4.69, 9.17) is 27.9 Å². The molecule has 2 unspecified atom stereocenters. The predicted octanol–water partition coefficient (Wildman–Crippen LogP) is 6.63. The Bertz CT molecular complexity index is 2450. The minimum absolute atomic E-state index is 0.0621. The Labute approximate surface area is 298 Å². The van der Waals surface area contributed by atoms with Crippen LogP contribution in [0.2, 0.25) is 10.0 Å². The number of benzene rings is 3. The first kappa shape index (κ1) is 36.3. The monoisotopic (exact) mass is 764 g/mol. The van der Waals surface area contributed by atoms with E-state index in [-0.39, 0.29) is 51.0 Å². The van der Waals surface area contributed by atoms with Gasteiger partial charge in [0.25, 0.3) is 20.2 Å². The van der Waals surface area contributed by atoms with Gasteiger partial charge in [0.05, 0.1) is 21.2 Å². The molecule has 0 bridgehead atoms. The second kappa shape index (κ2) is 11.5. The summed E-state index contributed by atoms with van der Waals surface area (Å²) in [6, 6.07) is 4.13. The Morgan fingerprint density at radius 1 is 0.840 bits per heavy atom. The second-order valence-electron chi connectivity index (χ2n) is 14.9. The number of fused-ring (bicyclic) bond motifs is 4. The van der Waals surface area contributed by atoms with E-state index in [2.05, 4.69) is 0 Å². The molecule has 0 saturated carbocycles. The summed E-state index contributed by atoms with van der Waals surface area (Å²) in [5, 5.41) is 19.3. The molecule has 4 N–H and O–H groups in total. The molecule has 11 nitrogen and oxygen atoms in total. The SMILES string of the molecule is CC1CC(C)(C)Cc2c1cc1c(c2S(=O)(=O)O)Oc2c(S(=O)(=O)O)c3c(cc2=C1c1c(Cl)cc(C(=O)O)c(Cl)c1C(=O)O)C(C)CC(C)(C)C=3. The van der Waals surface area contributed by atoms with Crippen molar-refractivity contribution >= 4 is 67.0 Å². The Kier molecular flexibility index (Phi) is 8.37. The minimum atomic E-state index is -5.16. The molecule has 2 aliphatic carbocycles. The van der Waals surface area contributed by atoms with Crippen molar-refractivity contribution in [1.29, 1.82) is 0 Å². The van der Waals surface area contributed by atoms with Crippen LogP contribution in [-0.4, -0.2) is 48.1 Å². The van der Waals surface area contributed by atoms with Crippen LogP contribution < -0.4 is 15.2 Å². The topological polar surface area (TPSA) is 193 Å². The molecular formula is C35H34Cl2O11S2. The van der Waals surface area contributed by atoms with Gasteiger partial charge in [-0.05, 0) is 82.0 Å². The van der Waals surface area contributed by atoms with Gasteiger partial charge in [-0.2, -0.15) is 16.8 Å². The molecule has 2 atom stereocenters. The molecule has 50 heavy (non-hydrogen) atoms. The highest BCUT2D eigenvalue weighted by Gasteiger charge is 2.42. The van der Waals surface area contributed by atoms with E-state index in [9.17, 15) is 45.7 Å². The Morgan fingerprint density at radius 2 is 1.44 bits per heavy atom. The molecule has 3 aromatic carbocycles. The summed E-state index contributed by atoms with van der Waals surface area (Å²) in [6.45, 7) is 11.3. The molecule has 3 aromatic rings. The summed E-state index contributed by atoms with van der Waals surface area (Å²) in [5.74, 6) is -4.88. The van der Waals surface area contributed by atoms with Gasteiger partial charge in [0.15, 0.2) is 11.5 Å². The largest absolute Gasteiger partial charge is 0.478 e. The molecule has 266 valence electrons. The summed E-state index contributed by atoms with van der Waals surface area (Å²) in [6.07, 6.45) is 3.01. The molecule has 0 aromatic heterocycles. The van der Waals surface area contributed by atoms with E-state index < -0.39 is 85.5 Å². The average Bonchev–Trinajstić information content (AvgIpc) is 2.92. The molecule has 1 aliphatic heterocycles. The third kappa shape index (κ3) is 5.81. The van der Waals surface area contributed by atoms with Crippen LogP contribution in [-0.2, 0) is 26.7 Å². The molecule has 0 spiro atoms. The van der Waals surface area contributed by atoms with Crippen molar-refractivity contribution in [3.8, 4) is 11.5 Å². The van der Waals surface area contributed by atoms with Crippen molar-refractivity contribution in [2.24, 2.45) is 10.8 Å². The minimum Gasteiger partial charge on any atom is -0.478 e. The van der Waals surface area contributed by atoms with E-state index in [1.807, 2.05) is 41.5 Å². The maximum Gasteiger partial charge on any atom is 0.337 e. The second-order valence-corrected chi connectivity index (χ2v) is 18.4. The molecule has 6 rings (SSSR count). The molecule has 0 amide bonds. The number of ether oxygens (including phenoxy) is 1. The number of aromatic carboxylic acids is 2. The maximum atomic E-state index is 13.4. The van der Waals surface area contributed by atoms with Gasteiger partial charge in [0.2, 0.25) is 0 Å². The summed E-state index contributed by atoms with van der Waals surface area (Å²) in [4.78, 5) is 23.7. The fourth-order valence-corrected chi connectivity index (χ4v) is 10.6. The lowest BCUT2D eigenvalue weighted by atomic mass is 9.69. The van der Waals surface area contributed by atoms with Crippen molar-refractivity contribution in [3.63, 3.8) is 0 Å². The van der Waals surface area contributed by atoms with Gasteiger partial charge < -0.3 is 14.9 Å².